The third-order valence-electron chi connectivity index (χ3n) is 5.02. The van der Waals surface area contributed by atoms with Crippen molar-refractivity contribution in [3.8, 4) is 11.5 Å². The third-order valence-corrected chi connectivity index (χ3v) is 5.02. The molecular formula is C21H23N3O6. The zero-order valence-corrected chi connectivity index (χ0v) is 16.9. The Morgan fingerprint density at radius 3 is 1.97 bits per heavy atom. The minimum atomic E-state index is -0.472. The van der Waals surface area contributed by atoms with E-state index in [4.69, 9.17) is 9.47 Å². The molecule has 0 unspecified atom stereocenters. The fraction of sp³-hybridized carbons (Fsp3) is 0.333. The quantitative estimate of drug-likeness (QED) is 0.531. The van der Waals surface area contributed by atoms with Crippen LogP contribution in [0.5, 0.6) is 11.5 Å². The zero-order valence-electron chi connectivity index (χ0n) is 16.9. The molecule has 9 heteroatoms. The molecule has 1 saturated heterocycles. The van der Waals surface area contributed by atoms with Crippen LogP contribution in [-0.4, -0.2) is 66.9 Å². The molecule has 2 amide bonds. The number of piperazine rings is 1. The maximum absolute atomic E-state index is 12.8. The number of amides is 2. The lowest BCUT2D eigenvalue weighted by molar-refractivity contribution is -0.384. The number of hydrogen-bond acceptors (Lipinski definition) is 6. The zero-order chi connectivity index (χ0) is 21.7. The average Bonchev–Trinajstić information content (AvgIpc) is 2.78. The van der Waals surface area contributed by atoms with Crippen LogP contribution in [0.3, 0.4) is 0 Å². The van der Waals surface area contributed by atoms with E-state index in [9.17, 15) is 19.7 Å². The summed E-state index contributed by atoms with van der Waals surface area (Å²) in [5.41, 5.74) is 1.18. The normalized spacial score (nSPS) is 13.7. The molecule has 0 radical (unpaired) electrons. The van der Waals surface area contributed by atoms with Gasteiger partial charge in [0.15, 0.2) is 0 Å². The molecule has 0 saturated carbocycles. The van der Waals surface area contributed by atoms with E-state index in [-0.39, 0.29) is 23.9 Å². The van der Waals surface area contributed by atoms with E-state index in [0.29, 0.717) is 48.8 Å². The Morgan fingerprint density at radius 2 is 1.47 bits per heavy atom. The number of rotatable bonds is 6. The second-order valence-corrected chi connectivity index (χ2v) is 6.87. The Morgan fingerprint density at radius 1 is 0.933 bits per heavy atom. The molecule has 158 valence electrons. The van der Waals surface area contributed by atoms with Gasteiger partial charge in [-0.2, -0.15) is 0 Å². The Bertz CT molecular complexity index is 914. The molecule has 0 N–H and O–H groups in total. The topological polar surface area (TPSA) is 102 Å². The van der Waals surface area contributed by atoms with E-state index in [2.05, 4.69) is 0 Å². The summed E-state index contributed by atoms with van der Waals surface area (Å²) in [7, 11) is 3.05. The van der Waals surface area contributed by atoms with Crippen LogP contribution in [0.15, 0.2) is 42.5 Å². The molecule has 0 spiro atoms. The molecule has 1 fully saturated rings. The number of benzene rings is 2. The smallest absolute Gasteiger partial charge is 0.269 e. The summed E-state index contributed by atoms with van der Waals surface area (Å²) in [6.07, 6.45) is 0.166. The summed E-state index contributed by atoms with van der Waals surface area (Å²) in [4.78, 5) is 39.1. The van der Waals surface area contributed by atoms with Gasteiger partial charge in [-0.15, -0.1) is 0 Å². The highest BCUT2D eigenvalue weighted by Crippen LogP contribution is 2.24. The van der Waals surface area contributed by atoms with E-state index >= 15 is 0 Å². The lowest BCUT2D eigenvalue weighted by Crippen LogP contribution is -2.51. The highest BCUT2D eigenvalue weighted by atomic mass is 16.6. The van der Waals surface area contributed by atoms with Gasteiger partial charge < -0.3 is 19.3 Å². The largest absolute Gasteiger partial charge is 0.497 e. The van der Waals surface area contributed by atoms with Crippen LogP contribution in [-0.2, 0) is 11.2 Å². The van der Waals surface area contributed by atoms with Gasteiger partial charge in [0.05, 0.1) is 25.6 Å². The lowest BCUT2D eigenvalue weighted by atomic mass is 10.1. The number of hydrogen-bond donors (Lipinski definition) is 0. The fourth-order valence-corrected chi connectivity index (χ4v) is 3.29. The van der Waals surface area contributed by atoms with Gasteiger partial charge in [-0.05, 0) is 17.7 Å². The van der Waals surface area contributed by atoms with Crippen LogP contribution in [0.1, 0.15) is 15.9 Å². The number of nitro groups is 1. The standard InChI is InChI=1S/C21H23N3O6/c1-29-18-12-16(13-19(14-18)30-2)21(26)23-9-7-22(8-10-23)20(25)11-15-3-5-17(6-4-15)24(27)28/h3-6,12-14H,7-11H2,1-2H3. The van der Waals surface area contributed by atoms with Crippen molar-refractivity contribution in [3.05, 3.63) is 63.7 Å². The minimum absolute atomic E-state index is 0.00695. The van der Waals surface area contributed by atoms with Gasteiger partial charge in [-0.25, -0.2) is 0 Å². The van der Waals surface area contributed by atoms with Crippen LogP contribution >= 0.6 is 0 Å². The molecule has 1 heterocycles. The molecule has 0 atom stereocenters. The second kappa shape index (κ2) is 9.25. The molecule has 1 aliphatic heterocycles. The van der Waals surface area contributed by atoms with E-state index < -0.39 is 4.92 Å². The van der Waals surface area contributed by atoms with E-state index in [1.54, 1.807) is 40.1 Å². The first-order valence-electron chi connectivity index (χ1n) is 9.44. The van der Waals surface area contributed by atoms with Crippen LogP contribution in [0, 0.1) is 10.1 Å². The van der Waals surface area contributed by atoms with Crippen molar-refractivity contribution >= 4 is 17.5 Å². The number of ether oxygens (including phenoxy) is 2. The first kappa shape index (κ1) is 21.1. The van der Waals surface area contributed by atoms with E-state index in [1.165, 1.54) is 26.4 Å². The molecular weight excluding hydrogens is 390 g/mol. The second-order valence-electron chi connectivity index (χ2n) is 6.87. The third kappa shape index (κ3) is 4.86. The summed E-state index contributed by atoms with van der Waals surface area (Å²) >= 11 is 0. The van der Waals surface area contributed by atoms with Crippen molar-refractivity contribution in [3.63, 3.8) is 0 Å². The van der Waals surface area contributed by atoms with Crippen molar-refractivity contribution in [2.24, 2.45) is 0 Å². The SMILES string of the molecule is COc1cc(OC)cc(C(=O)N2CCN(C(=O)Cc3ccc([N+](=O)[O-])cc3)CC2)c1. The van der Waals surface area contributed by atoms with Gasteiger partial charge in [-0.1, -0.05) is 12.1 Å². The highest BCUT2D eigenvalue weighted by Gasteiger charge is 2.25. The Hall–Kier alpha value is -3.62. The highest BCUT2D eigenvalue weighted by molar-refractivity contribution is 5.95. The summed E-state index contributed by atoms with van der Waals surface area (Å²) < 4.78 is 10.4. The number of carbonyl (C=O) groups excluding carboxylic acids is 2. The average molecular weight is 413 g/mol. The van der Waals surface area contributed by atoms with Crippen molar-refractivity contribution in [2.75, 3.05) is 40.4 Å². The molecule has 1 aliphatic rings. The number of non-ortho nitro benzene ring substituents is 1. The number of nitrogens with zero attached hydrogens (tertiary/aromatic N) is 3. The Kier molecular flexibility index (Phi) is 6.51. The Balaban J connectivity index is 1.58. The van der Waals surface area contributed by atoms with Gasteiger partial charge in [0.1, 0.15) is 11.5 Å². The van der Waals surface area contributed by atoms with Gasteiger partial charge in [-0.3, -0.25) is 19.7 Å². The van der Waals surface area contributed by atoms with Crippen LogP contribution in [0.4, 0.5) is 5.69 Å². The summed E-state index contributed by atoms with van der Waals surface area (Å²) in [5, 5.41) is 10.7. The molecule has 0 bridgehead atoms. The molecule has 30 heavy (non-hydrogen) atoms. The monoisotopic (exact) mass is 413 g/mol. The number of nitro benzene ring substituents is 1. The Labute approximate surface area is 173 Å². The molecule has 0 aliphatic carbocycles. The molecule has 2 aromatic carbocycles. The number of methoxy groups -OCH3 is 2. The molecule has 3 rings (SSSR count). The summed E-state index contributed by atoms with van der Waals surface area (Å²) in [6, 6.07) is 11.0. The first-order chi connectivity index (χ1) is 14.4. The summed E-state index contributed by atoms with van der Waals surface area (Å²) in [6.45, 7) is 1.70. The van der Waals surface area contributed by atoms with Crippen LogP contribution in [0.2, 0.25) is 0 Å². The van der Waals surface area contributed by atoms with Gasteiger partial charge in [0.25, 0.3) is 11.6 Å². The van der Waals surface area contributed by atoms with E-state index in [0.717, 1.165) is 0 Å². The fourth-order valence-electron chi connectivity index (χ4n) is 3.29. The molecule has 0 aromatic heterocycles. The number of carbonyl (C=O) groups is 2. The predicted octanol–water partition coefficient (Wildman–Crippen LogP) is 2.14. The van der Waals surface area contributed by atoms with Crippen LogP contribution in [0.25, 0.3) is 0 Å². The molecule has 9 nitrogen and oxygen atoms in total. The summed E-state index contributed by atoms with van der Waals surface area (Å²) in [5.74, 6) is 0.859. The van der Waals surface area contributed by atoms with Crippen molar-refractivity contribution in [2.45, 2.75) is 6.42 Å². The van der Waals surface area contributed by atoms with Crippen LogP contribution < -0.4 is 9.47 Å². The van der Waals surface area contributed by atoms with Gasteiger partial charge in [0, 0.05) is 49.9 Å². The lowest BCUT2D eigenvalue weighted by Gasteiger charge is -2.35. The minimum Gasteiger partial charge on any atom is -0.497 e. The maximum atomic E-state index is 12.8. The van der Waals surface area contributed by atoms with Gasteiger partial charge >= 0.3 is 0 Å². The van der Waals surface area contributed by atoms with Gasteiger partial charge in [0.2, 0.25) is 5.91 Å². The predicted molar refractivity (Wildman–Crippen MR) is 109 cm³/mol. The van der Waals surface area contributed by atoms with Crippen molar-refractivity contribution in [1.82, 2.24) is 9.80 Å². The first-order valence-corrected chi connectivity index (χ1v) is 9.44. The van der Waals surface area contributed by atoms with Crippen molar-refractivity contribution in [1.29, 1.82) is 0 Å². The molecule has 2 aromatic rings. The van der Waals surface area contributed by atoms with Crippen molar-refractivity contribution < 1.29 is 24.0 Å². The van der Waals surface area contributed by atoms with E-state index in [1.807, 2.05) is 0 Å². The maximum Gasteiger partial charge on any atom is 0.269 e.